The van der Waals surface area contributed by atoms with E-state index in [9.17, 15) is 17.6 Å². The number of aromatic nitrogens is 2. The summed E-state index contributed by atoms with van der Waals surface area (Å²) < 4.78 is 37.3. The van der Waals surface area contributed by atoms with Gasteiger partial charge in [-0.05, 0) is 12.1 Å². The number of sulfone groups is 1. The fraction of sp³-hybridized carbons (Fsp3) is 0.231. The summed E-state index contributed by atoms with van der Waals surface area (Å²) in [5, 5.41) is 4.10. The largest absolute Gasteiger partial charge is 0.298 e. The molecule has 0 saturated carbocycles. The van der Waals surface area contributed by atoms with E-state index in [1.807, 2.05) is 0 Å². The van der Waals surface area contributed by atoms with Crippen LogP contribution in [0.1, 0.15) is 10.4 Å². The minimum Gasteiger partial charge on any atom is -0.298 e. The van der Waals surface area contributed by atoms with Gasteiger partial charge in [0.05, 0.1) is 17.9 Å². The highest BCUT2D eigenvalue weighted by Crippen LogP contribution is 2.23. The van der Waals surface area contributed by atoms with E-state index in [4.69, 9.17) is 0 Å². The lowest BCUT2D eigenvalue weighted by atomic mass is 10.1. The lowest BCUT2D eigenvalue weighted by Crippen LogP contribution is -2.11. The van der Waals surface area contributed by atoms with E-state index in [0.717, 1.165) is 6.26 Å². The van der Waals surface area contributed by atoms with Crippen molar-refractivity contribution in [3.8, 4) is 11.3 Å². The first-order valence-corrected chi connectivity index (χ1v) is 7.92. The molecular weight excluding hydrogens is 283 g/mol. The maximum atomic E-state index is 13.7. The van der Waals surface area contributed by atoms with Crippen LogP contribution in [-0.2, 0) is 16.4 Å². The smallest absolute Gasteiger partial charge is 0.153 e. The van der Waals surface area contributed by atoms with Gasteiger partial charge in [0.2, 0.25) is 0 Å². The van der Waals surface area contributed by atoms with Crippen LogP contribution in [0.5, 0.6) is 0 Å². The molecule has 0 fully saturated rings. The third kappa shape index (κ3) is 3.30. The first-order valence-electron chi connectivity index (χ1n) is 5.86. The third-order valence-corrected chi connectivity index (χ3v) is 3.66. The van der Waals surface area contributed by atoms with Crippen LogP contribution in [0.2, 0.25) is 0 Å². The van der Waals surface area contributed by atoms with Crippen LogP contribution in [-0.4, -0.2) is 36.5 Å². The topological polar surface area (TPSA) is 69.0 Å². The van der Waals surface area contributed by atoms with Gasteiger partial charge >= 0.3 is 0 Å². The molecule has 2 rings (SSSR count). The number of rotatable bonds is 5. The number of aldehydes is 1. The van der Waals surface area contributed by atoms with Crippen molar-refractivity contribution in [2.24, 2.45) is 0 Å². The quantitative estimate of drug-likeness (QED) is 0.785. The highest BCUT2D eigenvalue weighted by atomic mass is 32.2. The zero-order valence-corrected chi connectivity index (χ0v) is 11.6. The highest BCUT2D eigenvalue weighted by Gasteiger charge is 2.14. The Kier molecular flexibility index (Phi) is 3.99. The van der Waals surface area contributed by atoms with Gasteiger partial charge in [0.25, 0.3) is 0 Å². The van der Waals surface area contributed by atoms with Gasteiger partial charge in [-0.1, -0.05) is 12.1 Å². The summed E-state index contributed by atoms with van der Waals surface area (Å²) in [7, 11) is -3.13. The van der Waals surface area contributed by atoms with Gasteiger partial charge in [0.1, 0.15) is 21.3 Å². The molecule has 0 bridgehead atoms. The first kappa shape index (κ1) is 14.4. The summed E-state index contributed by atoms with van der Waals surface area (Å²) in [6.07, 6.45) is 3.11. The molecule has 0 amide bonds. The SMILES string of the molecule is CS(=O)(=O)CCn1cc(C=O)c(-c2ccccc2F)n1. The van der Waals surface area contributed by atoms with E-state index in [0.29, 0.717) is 6.29 Å². The van der Waals surface area contributed by atoms with Crippen LogP contribution in [0.25, 0.3) is 11.3 Å². The van der Waals surface area contributed by atoms with Gasteiger partial charge in [0, 0.05) is 18.0 Å². The zero-order chi connectivity index (χ0) is 14.8. The van der Waals surface area contributed by atoms with Crippen molar-refractivity contribution in [1.82, 2.24) is 9.78 Å². The van der Waals surface area contributed by atoms with Crippen molar-refractivity contribution in [1.29, 1.82) is 0 Å². The average molecular weight is 296 g/mol. The Balaban J connectivity index is 2.37. The van der Waals surface area contributed by atoms with Crippen molar-refractivity contribution in [2.75, 3.05) is 12.0 Å². The summed E-state index contributed by atoms with van der Waals surface area (Å²) in [4.78, 5) is 11.0. The molecule has 0 aliphatic heterocycles. The normalized spacial score (nSPS) is 11.5. The van der Waals surface area contributed by atoms with Crippen LogP contribution < -0.4 is 0 Å². The first-order chi connectivity index (χ1) is 9.40. The molecule has 0 atom stereocenters. The Labute approximate surface area is 116 Å². The van der Waals surface area contributed by atoms with Gasteiger partial charge < -0.3 is 0 Å². The third-order valence-electron chi connectivity index (χ3n) is 2.74. The predicted octanol–water partition coefficient (Wildman–Crippen LogP) is 1.55. The van der Waals surface area contributed by atoms with Crippen LogP contribution >= 0.6 is 0 Å². The predicted molar refractivity (Wildman–Crippen MR) is 72.7 cm³/mol. The molecule has 1 aromatic carbocycles. The summed E-state index contributed by atoms with van der Waals surface area (Å²) >= 11 is 0. The number of benzene rings is 1. The Morgan fingerprint density at radius 3 is 2.65 bits per heavy atom. The van der Waals surface area contributed by atoms with E-state index in [1.54, 1.807) is 12.1 Å². The molecule has 2 aromatic rings. The maximum Gasteiger partial charge on any atom is 0.153 e. The molecule has 1 aromatic heterocycles. The van der Waals surface area contributed by atoms with Crippen molar-refractivity contribution in [3.63, 3.8) is 0 Å². The van der Waals surface area contributed by atoms with E-state index in [-0.39, 0.29) is 29.1 Å². The second-order valence-corrected chi connectivity index (χ2v) is 6.68. The van der Waals surface area contributed by atoms with Crippen LogP contribution in [0, 0.1) is 5.82 Å². The number of hydrogen-bond donors (Lipinski definition) is 0. The Bertz CT molecular complexity index is 738. The molecule has 0 N–H and O–H groups in total. The maximum absolute atomic E-state index is 13.7. The lowest BCUT2D eigenvalue weighted by molar-refractivity contribution is 0.112. The molecule has 0 saturated heterocycles. The van der Waals surface area contributed by atoms with Crippen LogP contribution in [0.3, 0.4) is 0 Å². The molecule has 0 aliphatic rings. The standard InChI is InChI=1S/C13H13FN2O3S/c1-20(18,19)7-6-16-8-10(9-17)13(15-16)11-4-2-3-5-12(11)14/h2-5,8-9H,6-7H2,1H3. The fourth-order valence-electron chi connectivity index (χ4n) is 1.76. The van der Waals surface area contributed by atoms with E-state index in [1.165, 1.54) is 23.0 Å². The molecule has 106 valence electrons. The minimum absolute atomic E-state index is 0.0936. The number of carbonyl (C=O) groups excluding carboxylic acids is 1. The van der Waals surface area contributed by atoms with E-state index >= 15 is 0 Å². The van der Waals surface area contributed by atoms with Crippen molar-refractivity contribution >= 4 is 16.1 Å². The molecule has 20 heavy (non-hydrogen) atoms. The molecule has 7 heteroatoms. The summed E-state index contributed by atoms with van der Waals surface area (Å²) in [5.74, 6) is -0.576. The number of carbonyl (C=O) groups is 1. The van der Waals surface area contributed by atoms with E-state index < -0.39 is 15.7 Å². The van der Waals surface area contributed by atoms with Gasteiger partial charge in [-0.3, -0.25) is 9.48 Å². The number of nitrogens with zero attached hydrogens (tertiary/aromatic N) is 2. The summed E-state index contributed by atoms with van der Waals surface area (Å²) in [6.45, 7) is 0.119. The Morgan fingerprint density at radius 1 is 1.35 bits per heavy atom. The number of aryl methyl sites for hydroxylation is 1. The van der Waals surface area contributed by atoms with Crippen LogP contribution in [0.4, 0.5) is 4.39 Å². The average Bonchev–Trinajstić information content (AvgIpc) is 2.79. The highest BCUT2D eigenvalue weighted by molar-refractivity contribution is 7.90. The lowest BCUT2D eigenvalue weighted by Gasteiger charge is -2.01. The Morgan fingerprint density at radius 2 is 2.05 bits per heavy atom. The second-order valence-electron chi connectivity index (χ2n) is 4.42. The van der Waals surface area contributed by atoms with Gasteiger partial charge in [-0.25, -0.2) is 12.8 Å². The molecule has 5 nitrogen and oxygen atoms in total. The molecule has 0 aliphatic carbocycles. The van der Waals surface area contributed by atoms with Crippen molar-refractivity contribution in [3.05, 3.63) is 41.8 Å². The Hall–Kier alpha value is -2.02. The molecule has 0 unspecified atom stereocenters. The monoisotopic (exact) mass is 296 g/mol. The zero-order valence-electron chi connectivity index (χ0n) is 10.8. The molecule has 0 radical (unpaired) electrons. The van der Waals surface area contributed by atoms with Crippen LogP contribution in [0.15, 0.2) is 30.5 Å². The van der Waals surface area contributed by atoms with E-state index in [2.05, 4.69) is 5.10 Å². The van der Waals surface area contributed by atoms with Gasteiger partial charge in [-0.15, -0.1) is 0 Å². The fourth-order valence-corrected chi connectivity index (χ4v) is 2.28. The summed E-state index contributed by atoms with van der Waals surface area (Å²) in [5.41, 5.74) is 0.655. The van der Waals surface area contributed by atoms with Crippen molar-refractivity contribution < 1.29 is 17.6 Å². The molecule has 0 spiro atoms. The minimum atomic E-state index is -3.13. The summed E-state index contributed by atoms with van der Waals surface area (Å²) in [6, 6.07) is 5.98. The van der Waals surface area contributed by atoms with Crippen molar-refractivity contribution in [2.45, 2.75) is 6.54 Å². The molecule has 1 heterocycles. The van der Waals surface area contributed by atoms with Gasteiger partial charge in [-0.2, -0.15) is 5.10 Å². The van der Waals surface area contributed by atoms with Gasteiger partial charge in [0.15, 0.2) is 6.29 Å². The molecular formula is C13H13FN2O3S. The number of halogens is 1. The second kappa shape index (κ2) is 5.54. The number of hydrogen-bond acceptors (Lipinski definition) is 4.